The van der Waals surface area contributed by atoms with Crippen molar-refractivity contribution in [1.82, 2.24) is 9.78 Å². The third-order valence-corrected chi connectivity index (χ3v) is 2.16. The van der Waals surface area contributed by atoms with Crippen LogP contribution < -0.4 is 5.73 Å². The molecule has 0 amide bonds. The van der Waals surface area contributed by atoms with E-state index < -0.39 is 0 Å². The first-order valence-corrected chi connectivity index (χ1v) is 5.06. The van der Waals surface area contributed by atoms with Gasteiger partial charge in [0.05, 0.1) is 6.20 Å². The Kier molecular flexibility index (Phi) is 4.62. The summed E-state index contributed by atoms with van der Waals surface area (Å²) >= 11 is 0. The van der Waals surface area contributed by atoms with Gasteiger partial charge in [0.2, 0.25) is 0 Å². The average Bonchev–Trinajstić information content (AvgIpc) is 2.59. The number of nitrogens with two attached hydrogens (primary N) is 1. The molecule has 4 heteroatoms. The summed E-state index contributed by atoms with van der Waals surface area (Å²) in [5.74, 6) is 0. The van der Waals surface area contributed by atoms with Crippen LogP contribution in [-0.4, -0.2) is 23.0 Å². The van der Waals surface area contributed by atoms with E-state index in [1.54, 1.807) is 4.68 Å². The summed E-state index contributed by atoms with van der Waals surface area (Å²) in [6.45, 7) is 3.58. The fraction of sp³-hybridized carbons (Fsp3) is 0.700. The molecule has 0 aliphatic heterocycles. The van der Waals surface area contributed by atoms with Crippen molar-refractivity contribution in [3.05, 3.63) is 18.0 Å². The second kappa shape index (κ2) is 5.78. The molecule has 0 aliphatic carbocycles. The van der Waals surface area contributed by atoms with Crippen LogP contribution >= 0.6 is 0 Å². The normalized spacial score (nSPS) is 13.1. The van der Waals surface area contributed by atoms with Crippen molar-refractivity contribution < 1.29 is 4.74 Å². The zero-order chi connectivity index (χ0) is 10.4. The highest BCUT2D eigenvalue weighted by atomic mass is 16.5. The van der Waals surface area contributed by atoms with E-state index in [0.717, 1.165) is 31.6 Å². The van der Waals surface area contributed by atoms with Crippen LogP contribution in [0.2, 0.25) is 0 Å². The molecule has 2 N–H and O–H groups in total. The Hall–Kier alpha value is -0.870. The van der Waals surface area contributed by atoms with Gasteiger partial charge in [-0.3, -0.25) is 4.68 Å². The quantitative estimate of drug-likeness (QED) is 0.698. The number of aryl methyl sites for hydroxylation is 1. The van der Waals surface area contributed by atoms with E-state index in [4.69, 9.17) is 10.5 Å². The largest absolute Gasteiger partial charge is 0.382 e. The summed E-state index contributed by atoms with van der Waals surface area (Å²) in [5, 5.41) is 4.09. The first-order chi connectivity index (χ1) is 6.74. The van der Waals surface area contributed by atoms with Crippen molar-refractivity contribution in [2.75, 3.05) is 13.2 Å². The molecule has 1 rings (SSSR count). The summed E-state index contributed by atoms with van der Waals surface area (Å²) in [7, 11) is 1.90. The van der Waals surface area contributed by atoms with Gasteiger partial charge in [0.25, 0.3) is 0 Å². The number of aromatic nitrogens is 2. The maximum Gasteiger partial charge on any atom is 0.0537 e. The Morgan fingerprint density at radius 1 is 1.64 bits per heavy atom. The summed E-state index contributed by atoms with van der Waals surface area (Å²) in [6, 6.07) is 0.0872. The van der Waals surface area contributed by atoms with Gasteiger partial charge in [-0.15, -0.1) is 0 Å². The standard InChI is InChI=1S/C10H19N3O/c1-3-14-6-4-5-10(11)9-7-12-13(2)8-9/h7-8,10H,3-6,11H2,1-2H3. The molecular formula is C10H19N3O. The summed E-state index contributed by atoms with van der Waals surface area (Å²) in [6.07, 6.45) is 5.74. The first-order valence-electron chi connectivity index (χ1n) is 5.06. The average molecular weight is 197 g/mol. The van der Waals surface area contributed by atoms with Gasteiger partial charge in [0.1, 0.15) is 0 Å². The lowest BCUT2D eigenvalue weighted by Crippen LogP contribution is -2.10. The summed E-state index contributed by atoms with van der Waals surface area (Å²) in [5.41, 5.74) is 7.08. The molecule has 1 unspecified atom stereocenters. The second-order valence-corrected chi connectivity index (χ2v) is 3.39. The zero-order valence-corrected chi connectivity index (χ0v) is 8.94. The van der Waals surface area contributed by atoms with Crippen molar-refractivity contribution in [3.63, 3.8) is 0 Å². The van der Waals surface area contributed by atoms with Crippen LogP contribution in [0.4, 0.5) is 0 Å². The Morgan fingerprint density at radius 3 is 3.00 bits per heavy atom. The van der Waals surface area contributed by atoms with E-state index in [1.807, 2.05) is 26.4 Å². The molecule has 0 aromatic carbocycles. The molecule has 1 atom stereocenters. The van der Waals surface area contributed by atoms with Gasteiger partial charge in [-0.05, 0) is 19.8 Å². The highest BCUT2D eigenvalue weighted by Crippen LogP contribution is 2.14. The van der Waals surface area contributed by atoms with Crippen LogP contribution in [0.15, 0.2) is 12.4 Å². The number of nitrogens with zero attached hydrogens (tertiary/aromatic N) is 2. The highest BCUT2D eigenvalue weighted by molar-refractivity contribution is 5.08. The molecule has 0 bridgehead atoms. The fourth-order valence-corrected chi connectivity index (χ4v) is 1.35. The molecule has 1 aromatic heterocycles. The molecule has 0 aliphatic rings. The number of ether oxygens (including phenoxy) is 1. The van der Waals surface area contributed by atoms with Crippen LogP contribution in [0.3, 0.4) is 0 Å². The minimum atomic E-state index is 0.0872. The van der Waals surface area contributed by atoms with E-state index in [0.29, 0.717) is 0 Å². The monoisotopic (exact) mass is 197 g/mol. The Bertz CT molecular complexity index is 260. The molecule has 0 fully saturated rings. The molecule has 80 valence electrons. The predicted octanol–water partition coefficient (Wildman–Crippen LogP) is 1.24. The van der Waals surface area contributed by atoms with Gasteiger partial charge >= 0.3 is 0 Å². The van der Waals surface area contributed by atoms with Gasteiger partial charge in [0, 0.05) is 38.1 Å². The topological polar surface area (TPSA) is 53.1 Å². The van der Waals surface area contributed by atoms with E-state index in [9.17, 15) is 0 Å². The van der Waals surface area contributed by atoms with Crippen LogP contribution in [-0.2, 0) is 11.8 Å². The van der Waals surface area contributed by atoms with Crippen molar-refractivity contribution in [3.8, 4) is 0 Å². The molecule has 14 heavy (non-hydrogen) atoms. The molecule has 4 nitrogen and oxygen atoms in total. The molecule has 0 saturated carbocycles. The lowest BCUT2D eigenvalue weighted by molar-refractivity contribution is 0.142. The van der Waals surface area contributed by atoms with E-state index in [2.05, 4.69) is 5.10 Å². The van der Waals surface area contributed by atoms with E-state index in [-0.39, 0.29) is 6.04 Å². The predicted molar refractivity (Wildman–Crippen MR) is 55.9 cm³/mol. The second-order valence-electron chi connectivity index (χ2n) is 3.39. The van der Waals surface area contributed by atoms with Crippen LogP contribution in [0, 0.1) is 0 Å². The number of rotatable bonds is 6. The Labute approximate surface area is 85.0 Å². The minimum absolute atomic E-state index is 0.0872. The van der Waals surface area contributed by atoms with Gasteiger partial charge < -0.3 is 10.5 Å². The molecule has 1 heterocycles. The van der Waals surface area contributed by atoms with Gasteiger partial charge in [-0.2, -0.15) is 5.10 Å². The van der Waals surface area contributed by atoms with Crippen LogP contribution in [0.25, 0.3) is 0 Å². The van der Waals surface area contributed by atoms with Gasteiger partial charge in [0.15, 0.2) is 0 Å². The smallest absolute Gasteiger partial charge is 0.0537 e. The summed E-state index contributed by atoms with van der Waals surface area (Å²) in [4.78, 5) is 0. The number of hydrogen-bond acceptors (Lipinski definition) is 3. The third kappa shape index (κ3) is 3.47. The van der Waals surface area contributed by atoms with Crippen molar-refractivity contribution in [1.29, 1.82) is 0 Å². The van der Waals surface area contributed by atoms with Gasteiger partial charge in [-0.25, -0.2) is 0 Å². The highest BCUT2D eigenvalue weighted by Gasteiger charge is 2.06. The third-order valence-electron chi connectivity index (χ3n) is 2.16. The van der Waals surface area contributed by atoms with E-state index in [1.165, 1.54) is 0 Å². The maximum atomic E-state index is 5.98. The van der Waals surface area contributed by atoms with E-state index >= 15 is 0 Å². The minimum Gasteiger partial charge on any atom is -0.382 e. The first kappa shape index (κ1) is 11.2. The fourth-order valence-electron chi connectivity index (χ4n) is 1.35. The molecule has 0 radical (unpaired) electrons. The van der Waals surface area contributed by atoms with Crippen molar-refractivity contribution in [2.45, 2.75) is 25.8 Å². The lowest BCUT2D eigenvalue weighted by Gasteiger charge is -2.08. The van der Waals surface area contributed by atoms with Gasteiger partial charge in [-0.1, -0.05) is 0 Å². The lowest BCUT2D eigenvalue weighted by atomic mass is 10.1. The van der Waals surface area contributed by atoms with Crippen LogP contribution in [0.1, 0.15) is 31.4 Å². The van der Waals surface area contributed by atoms with Crippen molar-refractivity contribution >= 4 is 0 Å². The maximum absolute atomic E-state index is 5.98. The molecular weight excluding hydrogens is 178 g/mol. The summed E-state index contributed by atoms with van der Waals surface area (Å²) < 4.78 is 7.02. The molecule has 0 spiro atoms. The SMILES string of the molecule is CCOCCCC(N)c1cnn(C)c1. The number of hydrogen-bond donors (Lipinski definition) is 1. The molecule has 1 aromatic rings. The Balaban J connectivity index is 2.25. The zero-order valence-electron chi connectivity index (χ0n) is 8.94. The van der Waals surface area contributed by atoms with Crippen LogP contribution in [0.5, 0.6) is 0 Å². The Morgan fingerprint density at radius 2 is 2.43 bits per heavy atom. The van der Waals surface area contributed by atoms with Crippen molar-refractivity contribution in [2.24, 2.45) is 12.8 Å². The molecule has 0 saturated heterocycles.